The highest BCUT2D eigenvalue weighted by atomic mass is 35.5. The molecule has 0 spiro atoms. The fraction of sp³-hybridized carbons (Fsp3) is 1.00. The van der Waals surface area contributed by atoms with Gasteiger partial charge in [0.05, 0.1) is 0 Å². The zero-order chi connectivity index (χ0) is 6.15. The van der Waals surface area contributed by atoms with Crippen molar-refractivity contribution in [3.05, 3.63) is 0 Å². The van der Waals surface area contributed by atoms with Crippen LogP contribution >= 0.6 is 12.4 Å². The molecule has 1 aliphatic carbocycles. The molecule has 0 aromatic rings. The third-order valence-electron chi connectivity index (χ3n) is 1.58. The van der Waals surface area contributed by atoms with Gasteiger partial charge in [-0.2, -0.15) is 0 Å². The molecule has 0 saturated heterocycles. The second-order valence-corrected chi connectivity index (χ2v) is 2.92. The molecule has 2 nitrogen and oxygen atoms in total. The monoisotopic (exact) mass is 150 g/mol. The van der Waals surface area contributed by atoms with Gasteiger partial charge in [-0.05, 0) is 26.4 Å². The van der Waals surface area contributed by atoms with Gasteiger partial charge in [0.15, 0.2) is 0 Å². The van der Waals surface area contributed by atoms with Crippen LogP contribution in [0, 0.1) is 5.92 Å². The lowest BCUT2D eigenvalue weighted by Crippen LogP contribution is -2.18. The zero-order valence-corrected chi connectivity index (χ0v) is 6.82. The molecule has 1 saturated carbocycles. The molecule has 2 atom stereocenters. The minimum atomic E-state index is 0. The molecule has 1 rings (SSSR count). The van der Waals surface area contributed by atoms with E-state index in [9.17, 15) is 0 Å². The lowest BCUT2D eigenvalue weighted by molar-refractivity contribution is 0.385. The van der Waals surface area contributed by atoms with Gasteiger partial charge in [0.25, 0.3) is 0 Å². The van der Waals surface area contributed by atoms with Crippen LogP contribution in [-0.2, 0) is 0 Å². The van der Waals surface area contributed by atoms with E-state index in [1.807, 2.05) is 0 Å². The molecule has 3 heteroatoms. The first-order chi connectivity index (χ1) is 3.70. The summed E-state index contributed by atoms with van der Waals surface area (Å²) in [6.45, 7) is 1.17. The molecular weight excluding hydrogens is 136 g/mol. The maximum Gasteiger partial charge on any atom is 0.00836 e. The van der Waals surface area contributed by atoms with E-state index >= 15 is 0 Å². The molecule has 2 N–H and O–H groups in total. The molecule has 0 aromatic heterocycles. The van der Waals surface area contributed by atoms with Crippen LogP contribution in [0.4, 0.5) is 0 Å². The SMILES string of the molecule is CN(C)C[C@H]1C[C@@H]1N.Cl. The van der Waals surface area contributed by atoms with Crippen molar-refractivity contribution in [3.63, 3.8) is 0 Å². The Kier molecular flexibility index (Phi) is 3.48. The maximum absolute atomic E-state index is 5.59. The Hall–Kier alpha value is 0.210. The van der Waals surface area contributed by atoms with Gasteiger partial charge in [-0.1, -0.05) is 0 Å². The Morgan fingerprint density at radius 2 is 2.00 bits per heavy atom. The van der Waals surface area contributed by atoms with Crippen LogP contribution < -0.4 is 5.73 Å². The molecule has 56 valence electrons. The van der Waals surface area contributed by atoms with E-state index in [1.165, 1.54) is 13.0 Å². The highest BCUT2D eigenvalue weighted by Crippen LogP contribution is 2.27. The van der Waals surface area contributed by atoms with Crippen molar-refractivity contribution in [2.24, 2.45) is 11.7 Å². The molecule has 1 aliphatic rings. The minimum Gasteiger partial charge on any atom is -0.327 e. The third kappa shape index (κ3) is 3.04. The number of nitrogens with two attached hydrogens (primary N) is 1. The Balaban J connectivity index is 0.000000640. The van der Waals surface area contributed by atoms with Crippen molar-refractivity contribution in [2.75, 3.05) is 20.6 Å². The summed E-state index contributed by atoms with van der Waals surface area (Å²) in [5, 5.41) is 0. The first-order valence-electron chi connectivity index (χ1n) is 3.10. The lowest BCUT2D eigenvalue weighted by atomic mass is 10.4. The summed E-state index contributed by atoms with van der Waals surface area (Å²) >= 11 is 0. The Labute approximate surface area is 62.8 Å². The second-order valence-electron chi connectivity index (χ2n) is 2.92. The molecule has 0 unspecified atom stereocenters. The molecular formula is C6H15ClN2. The topological polar surface area (TPSA) is 29.3 Å². The fourth-order valence-electron chi connectivity index (χ4n) is 0.950. The largest absolute Gasteiger partial charge is 0.327 e. The van der Waals surface area contributed by atoms with Gasteiger partial charge in [0.1, 0.15) is 0 Å². The highest BCUT2D eigenvalue weighted by Gasteiger charge is 2.33. The Morgan fingerprint density at radius 1 is 1.56 bits per heavy atom. The molecule has 0 aliphatic heterocycles. The molecule has 0 aromatic carbocycles. The van der Waals surface area contributed by atoms with Crippen LogP contribution in [0.1, 0.15) is 6.42 Å². The first-order valence-corrected chi connectivity index (χ1v) is 3.10. The summed E-state index contributed by atoms with van der Waals surface area (Å²) in [6.07, 6.45) is 1.23. The van der Waals surface area contributed by atoms with Crippen molar-refractivity contribution in [1.29, 1.82) is 0 Å². The average molecular weight is 151 g/mol. The summed E-state index contributed by atoms with van der Waals surface area (Å²) < 4.78 is 0. The summed E-state index contributed by atoms with van der Waals surface area (Å²) in [5.41, 5.74) is 5.59. The number of hydrogen-bond acceptors (Lipinski definition) is 2. The van der Waals surface area contributed by atoms with E-state index in [4.69, 9.17) is 5.73 Å². The zero-order valence-electron chi connectivity index (χ0n) is 6.00. The van der Waals surface area contributed by atoms with Crippen LogP contribution in [0.2, 0.25) is 0 Å². The van der Waals surface area contributed by atoms with Crippen LogP contribution in [0.15, 0.2) is 0 Å². The predicted octanol–water partition coefficient (Wildman–Crippen LogP) is 0.317. The van der Waals surface area contributed by atoms with Crippen LogP contribution in [0.25, 0.3) is 0 Å². The van der Waals surface area contributed by atoms with Crippen molar-refractivity contribution in [2.45, 2.75) is 12.5 Å². The lowest BCUT2D eigenvalue weighted by Gasteiger charge is -2.06. The molecule has 0 heterocycles. The van der Waals surface area contributed by atoms with Crippen LogP contribution in [0.3, 0.4) is 0 Å². The van der Waals surface area contributed by atoms with Gasteiger partial charge in [0, 0.05) is 12.6 Å². The quantitative estimate of drug-likeness (QED) is 0.615. The first kappa shape index (κ1) is 9.21. The fourth-order valence-corrected chi connectivity index (χ4v) is 0.950. The normalized spacial score (nSPS) is 32.0. The third-order valence-corrected chi connectivity index (χ3v) is 1.58. The molecule has 9 heavy (non-hydrogen) atoms. The summed E-state index contributed by atoms with van der Waals surface area (Å²) in [7, 11) is 4.18. The van der Waals surface area contributed by atoms with Gasteiger partial charge >= 0.3 is 0 Å². The van der Waals surface area contributed by atoms with Gasteiger partial charge in [-0.25, -0.2) is 0 Å². The smallest absolute Gasteiger partial charge is 0.00836 e. The Morgan fingerprint density at radius 3 is 2.11 bits per heavy atom. The number of hydrogen-bond donors (Lipinski definition) is 1. The van der Waals surface area contributed by atoms with Crippen molar-refractivity contribution < 1.29 is 0 Å². The predicted molar refractivity (Wildman–Crippen MR) is 41.9 cm³/mol. The van der Waals surface area contributed by atoms with E-state index in [-0.39, 0.29) is 12.4 Å². The van der Waals surface area contributed by atoms with Crippen LogP contribution in [0.5, 0.6) is 0 Å². The second kappa shape index (κ2) is 3.40. The molecule has 0 radical (unpaired) electrons. The van der Waals surface area contributed by atoms with E-state index in [0.29, 0.717) is 6.04 Å². The van der Waals surface area contributed by atoms with Crippen molar-refractivity contribution in [1.82, 2.24) is 4.90 Å². The van der Waals surface area contributed by atoms with E-state index < -0.39 is 0 Å². The Bertz CT molecular complexity index is 85.1. The average Bonchev–Trinajstić information content (AvgIpc) is 2.17. The summed E-state index contributed by atoms with van der Waals surface area (Å²) in [4.78, 5) is 2.19. The number of rotatable bonds is 2. The number of halogens is 1. The van der Waals surface area contributed by atoms with Crippen molar-refractivity contribution in [3.8, 4) is 0 Å². The van der Waals surface area contributed by atoms with Gasteiger partial charge < -0.3 is 10.6 Å². The van der Waals surface area contributed by atoms with Crippen LogP contribution in [-0.4, -0.2) is 31.6 Å². The van der Waals surface area contributed by atoms with Crippen molar-refractivity contribution >= 4 is 12.4 Å². The minimum absolute atomic E-state index is 0. The number of nitrogens with zero attached hydrogens (tertiary/aromatic N) is 1. The van der Waals surface area contributed by atoms with E-state index in [1.54, 1.807) is 0 Å². The highest BCUT2D eigenvalue weighted by molar-refractivity contribution is 5.85. The van der Waals surface area contributed by atoms with Gasteiger partial charge in [-0.15, -0.1) is 12.4 Å². The van der Waals surface area contributed by atoms with E-state index in [0.717, 1.165) is 5.92 Å². The standard InChI is InChI=1S/C6H14N2.ClH/c1-8(2)4-5-3-6(5)7;/h5-6H,3-4,7H2,1-2H3;1H/t5-,6+;/m1./s1. The van der Waals surface area contributed by atoms with Gasteiger partial charge in [-0.3, -0.25) is 0 Å². The summed E-state index contributed by atoms with van der Waals surface area (Å²) in [6, 6.07) is 0.511. The summed E-state index contributed by atoms with van der Waals surface area (Å²) in [5.74, 6) is 0.796. The molecule has 0 bridgehead atoms. The maximum atomic E-state index is 5.59. The molecule has 1 fully saturated rings. The van der Waals surface area contributed by atoms with E-state index in [2.05, 4.69) is 19.0 Å². The van der Waals surface area contributed by atoms with Gasteiger partial charge in [0.2, 0.25) is 0 Å². The molecule has 0 amide bonds.